The van der Waals surface area contributed by atoms with Crippen molar-refractivity contribution in [2.45, 2.75) is 26.7 Å². The van der Waals surface area contributed by atoms with Gasteiger partial charge in [0.2, 0.25) is 0 Å². The molecule has 0 radical (unpaired) electrons. The molecule has 1 saturated carbocycles. The third kappa shape index (κ3) is 7.61. The molecule has 9 heteroatoms. The lowest BCUT2D eigenvalue weighted by atomic mass is 10.1. The molecule has 202 valence electrons. The Bertz CT molecular complexity index is 1130. The maximum atomic E-state index is 13.1. The van der Waals surface area contributed by atoms with Crippen molar-refractivity contribution in [2.75, 3.05) is 40.6 Å². The maximum absolute atomic E-state index is 13.1. The van der Waals surface area contributed by atoms with Crippen molar-refractivity contribution < 1.29 is 42.8 Å². The van der Waals surface area contributed by atoms with Crippen LogP contribution in [0.1, 0.15) is 37.8 Å². The van der Waals surface area contributed by atoms with Crippen molar-refractivity contribution in [3.63, 3.8) is 0 Å². The van der Waals surface area contributed by atoms with Crippen LogP contribution in [0.25, 0.3) is 12.2 Å². The molecular formula is C29H32O9. The van der Waals surface area contributed by atoms with E-state index >= 15 is 0 Å². The number of esters is 2. The van der Waals surface area contributed by atoms with Gasteiger partial charge in [0.05, 0.1) is 27.4 Å². The molecule has 1 fully saturated rings. The second-order valence-corrected chi connectivity index (χ2v) is 8.18. The predicted octanol–water partition coefficient (Wildman–Crippen LogP) is 4.42. The van der Waals surface area contributed by atoms with Crippen molar-refractivity contribution in [1.82, 2.24) is 0 Å². The van der Waals surface area contributed by atoms with Crippen molar-refractivity contribution in [2.24, 2.45) is 0 Å². The van der Waals surface area contributed by atoms with E-state index in [1.807, 2.05) is 12.2 Å². The van der Waals surface area contributed by atoms with E-state index in [9.17, 15) is 14.4 Å². The van der Waals surface area contributed by atoms with Crippen molar-refractivity contribution in [3.05, 3.63) is 58.7 Å². The summed E-state index contributed by atoms with van der Waals surface area (Å²) in [4.78, 5) is 36.2. The average Bonchev–Trinajstić information content (AvgIpc) is 3.25. The van der Waals surface area contributed by atoms with E-state index < -0.39 is 11.9 Å². The first-order valence-electron chi connectivity index (χ1n) is 12.3. The molecule has 2 aromatic rings. The summed E-state index contributed by atoms with van der Waals surface area (Å²) < 4.78 is 31.5. The Balaban J connectivity index is 1.71. The van der Waals surface area contributed by atoms with Crippen LogP contribution in [0.15, 0.2) is 47.5 Å². The first kappa shape index (κ1) is 28.3. The fourth-order valence-electron chi connectivity index (χ4n) is 3.85. The van der Waals surface area contributed by atoms with Crippen LogP contribution in [-0.4, -0.2) is 58.4 Å². The summed E-state index contributed by atoms with van der Waals surface area (Å²) in [6, 6.07) is 10.5. The topological polar surface area (TPSA) is 107 Å². The van der Waals surface area contributed by atoms with E-state index in [0.29, 0.717) is 47.0 Å². The van der Waals surface area contributed by atoms with E-state index in [2.05, 4.69) is 0 Å². The van der Waals surface area contributed by atoms with Gasteiger partial charge in [-0.15, -0.1) is 0 Å². The number of Topliss-reactive ketones (excluding diaryl/α,β-unsaturated/α-hetero) is 1. The molecule has 0 unspecified atom stereocenters. The molecule has 0 saturated heterocycles. The third-order valence-electron chi connectivity index (χ3n) is 5.61. The molecule has 0 atom stereocenters. The second kappa shape index (κ2) is 13.9. The van der Waals surface area contributed by atoms with Gasteiger partial charge in [0.1, 0.15) is 0 Å². The van der Waals surface area contributed by atoms with Crippen LogP contribution in [0.5, 0.6) is 23.0 Å². The van der Waals surface area contributed by atoms with Gasteiger partial charge in [0, 0.05) is 11.1 Å². The van der Waals surface area contributed by atoms with Crippen molar-refractivity contribution >= 4 is 29.9 Å². The number of methoxy groups -OCH3 is 2. The molecule has 0 N–H and O–H groups in total. The average molecular weight is 525 g/mol. The van der Waals surface area contributed by atoms with Crippen LogP contribution in [0.4, 0.5) is 0 Å². The Morgan fingerprint density at radius 1 is 0.711 bits per heavy atom. The zero-order chi connectivity index (χ0) is 27.5. The Hall–Kier alpha value is -4.27. The summed E-state index contributed by atoms with van der Waals surface area (Å²) in [5.41, 5.74) is 2.92. The molecule has 1 aliphatic carbocycles. The van der Waals surface area contributed by atoms with Gasteiger partial charge in [-0.1, -0.05) is 12.1 Å². The van der Waals surface area contributed by atoms with Gasteiger partial charge in [-0.25, -0.2) is 9.59 Å². The number of ether oxygens (including phenoxy) is 6. The van der Waals surface area contributed by atoms with Gasteiger partial charge in [0.25, 0.3) is 0 Å². The minimum Gasteiger partial charge on any atom is -0.493 e. The Morgan fingerprint density at radius 3 is 1.50 bits per heavy atom. The molecular weight excluding hydrogens is 492 g/mol. The molecule has 0 amide bonds. The molecule has 1 aliphatic rings. The number of carbonyl (C=O) groups is 3. The lowest BCUT2D eigenvalue weighted by Crippen LogP contribution is -2.14. The third-order valence-corrected chi connectivity index (χ3v) is 5.61. The zero-order valence-electron chi connectivity index (χ0n) is 22.0. The van der Waals surface area contributed by atoms with Gasteiger partial charge < -0.3 is 28.4 Å². The number of allylic oxidation sites excluding steroid dienone is 2. The van der Waals surface area contributed by atoms with Crippen molar-refractivity contribution in [1.29, 1.82) is 0 Å². The number of ketones is 1. The molecule has 2 aromatic carbocycles. The molecule has 0 heterocycles. The highest BCUT2D eigenvalue weighted by Crippen LogP contribution is 2.34. The molecule has 38 heavy (non-hydrogen) atoms. The SMILES string of the molecule is CCOC(=O)COc1ccc(/C=C2/CC/C(=C\c3ccc(OCC(=O)OCC)c(OC)c3)C2=O)cc1OC. The minimum absolute atomic E-state index is 0.0341. The van der Waals surface area contributed by atoms with Gasteiger partial charge in [-0.2, -0.15) is 0 Å². The molecule has 3 rings (SSSR count). The highest BCUT2D eigenvalue weighted by molar-refractivity contribution is 6.15. The lowest BCUT2D eigenvalue weighted by molar-refractivity contribution is -0.146. The van der Waals surface area contributed by atoms with Gasteiger partial charge >= 0.3 is 11.9 Å². The first-order chi connectivity index (χ1) is 18.4. The summed E-state index contributed by atoms with van der Waals surface area (Å²) >= 11 is 0. The number of carbonyl (C=O) groups excluding carboxylic acids is 3. The number of benzene rings is 2. The van der Waals surface area contributed by atoms with E-state index in [0.717, 1.165) is 11.1 Å². The quantitative estimate of drug-likeness (QED) is 0.295. The number of hydrogen-bond acceptors (Lipinski definition) is 9. The highest BCUT2D eigenvalue weighted by atomic mass is 16.6. The monoisotopic (exact) mass is 524 g/mol. The number of hydrogen-bond donors (Lipinski definition) is 0. The molecule has 0 spiro atoms. The largest absolute Gasteiger partial charge is 0.493 e. The van der Waals surface area contributed by atoms with Crippen molar-refractivity contribution in [3.8, 4) is 23.0 Å². The van der Waals surface area contributed by atoms with Crippen LogP contribution in [0, 0.1) is 0 Å². The van der Waals surface area contributed by atoms with Crippen LogP contribution in [-0.2, 0) is 23.9 Å². The van der Waals surface area contributed by atoms with Crippen LogP contribution < -0.4 is 18.9 Å². The fourth-order valence-corrected chi connectivity index (χ4v) is 3.85. The Morgan fingerprint density at radius 2 is 1.13 bits per heavy atom. The zero-order valence-corrected chi connectivity index (χ0v) is 22.0. The molecule has 0 aliphatic heterocycles. The highest BCUT2D eigenvalue weighted by Gasteiger charge is 2.23. The van der Waals surface area contributed by atoms with E-state index in [4.69, 9.17) is 28.4 Å². The Kier molecular flexibility index (Phi) is 10.3. The summed E-state index contributed by atoms with van der Waals surface area (Å²) in [5.74, 6) is 0.744. The number of rotatable bonds is 12. The normalized spacial score (nSPS) is 14.9. The van der Waals surface area contributed by atoms with Gasteiger partial charge in [0.15, 0.2) is 42.0 Å². The van der Waals surface area contributed by atoms with Gasteiger partial charge in [-0.3, -0.25) is 4.79 Å². The van der Waals surface area contributed by atoms with Crippen LogP contribution in [0.3, 0.4) is 0 Å². The minimum atomic E-state index is -0.465. The smallest absolute Gasteiger partial charge is 0.344 e. The lowest BCUT2D eigenvalue weighted by Gasteiger charge is -2.11. The van der Waals surface area contributed by atoms with Gasteiger partial charge in [-0.05, 0) is 74.2 Å². The standard InChI is InChI=1S/C29H32O9/c1-5-35-27(30)17-37-23-11-7-19(15-25(23)33-3)13-21-9-10-22(29(21)32)14-20-8-12-24(26(16-20)34-4)38-18-28(31)36-6-2/h7-8,11-16H,5-6,9-10,17-18H2,1-4H3/b21-13-,22-14+. The Labute approximate surface area is 221 Å². The maximum Gasteiger partial charge on any atom is 0.344 e. The van der Waals surface area contributed by atoms with Crippen LogP contribution >= 0.6 is 0 Å². The summed E-state index contributed by atoms with van der Waals surface area (Å²) in [7, 11) is 3.01. The van der Waals surface area contributed by atoms with E-state index in [1.54, 1.807) is 50.2 Å². The van der Waals surface area contributed by atoms with Crippen LogP contribution in [0.2, 0.25) is 0 Å². The predicted molar refractivity (Wildman–Crippen MR) is 140 cm³/mol. The molecule has 9 nitrogen and oxygen atoms in total. The summed E-state index contributed by atoms with van der Waals surface area (Å²) in [5, 5.41) is 0. The molecule has 0 bridgehead atoms. The first-order valence-corrected chi connectivity index (χ1v) is 12.3. The molecule has 0 aromatic heterocycles. The summed E-state index contributed by atoms with van der Waals surface area (Å²) in [6.07, 6.45) is 4.86. The second-order valence-electron chi connectivity index (χ2n) is 8.18. The fraction of sp³-hybridized carbons (Fsp3) is 0.345. The van der Waals surface area contributed by atoms with E-state index in [-0.39, 0.29) is 32.2 Å². The summed E-state index contributed by atoms with van der Waals surface area (Å²) in [6.45, 7) is 3.57. The van der Waals surface area contributed by atoms with E-state index in [1.165, 1.54) is 14.2 Å².